The van der Waals surface area contributed by atoms with Crippen LogP contribution in [0, 0.1) is 6.92 Å². The van der Waals surface area contributed by atoms with Gasteiger partial charge in [0.2, 0.25) is 0 Å². The minimum atomic E-state index is -0.920. The summed E-state index contributed by atoms with van der Waals surface area (Å²) in [5, 5.41) is 25.7. The highest BCUT2D eigenvalue weighted by Gasteiger charge is 2.18. The fraction of sp³-hybridized carbons (Fsp3) is 0.292. The zero-order valence-electron chi connectivity index (χ0n) is 18.3. The molecule has 0 aliphatic carbocycles. The first-order chi connectivity index (χ1) is 16.1. The molecule has 1 atom stereocenters. The zero-order valence-corrected chi connectivity index (χ0v) is 19.9. The number of aliphatic hydroxyl groups excluding tert-OH is 2. The van der Waals surface area contributed by atoms with E-state index in [1.54, 1.807) is 28.2 Å². The second kappa shape index (κ2) is 11.6. The van der Waals surface area contributed by atoms with Crippen molar-refractivity contribution in [1.82, 2.24) is 19.7 Å². The third-order valence-corrected chi connectivity index (χ3v) is 6.84. The molecule has 0 saturated heterocycles. The lowest BCUT2D eigenvalue weighted by Crippen LogP contribution is -2.20. The average molecular weight is 483 g/mol. The monoisotopic (exact) mass is 482 g/mol. The van der Waals surface area contributed by atoms with Gasteiger partial charge in [-0.25, -0.2) is 14.6 Å². The first-order valence-electron chi connectivity index (χ1n) is 10.6. The summed E-state index contributed by atoms with van der Waals surface area (Å²) in [5.41, 5.74) is 3.95. The van der Waals surface area contributed by atoms with Gasteiger partial charge in [0.05, 0.1) is 24.3 Å². The fourth-order valence-electron chi connectivity index (χ4n) is 3.23. The number of aryl methyl sites for hydroxylation is 1. The van der Waals surface area contributed by atoms with Gasteiger partial charge in [-0.1, -0.05) is 72.4 Å². The Morgan fingerprint density at radius 3 is 2.21 bits per heavy atom. The number of rotatable bonds is 11. The first kappa shape index (κ1) is 23.7. The fourth-order valence-corrected chi connectivity index (χ4v) is 5.11. The molecule has 0 bridgehead atoms. The van der Waals surface area contributed by atoms with Crippen molar-refractivity contribution < 1.29 is 14.9 Å². The highest BCUT2D eigenvalue weighted by atomic mass is 32.2. The SMILES string of the molecule is Cc1nn(COCC(O)CO)c2nc(SCc3ccccc3)nc(SCc3ccccc3)c12. The molecule has 0 fully saturated rings. The topological polar surface area (TPSA) is 93.3 Å². The Balaban J connectivity index is 1.62. The van der Waals surface area contributed by atoms with Crippen LogP contribution in [0.15, 0.2) is 70.8 Å². The van der Waals surface area contributed by atoms with Crippen molar-refractivity contribution in [3.05, 3.63) is 77.5 Å². The molecule has 2 heterocycles. The molecule has 0 radical (unpaired) electrons. The number of ether oxygens (including phenoxy) is 1. The summed E-state index contributed by atoms with van der Waals surface area (Å²) in [7, 11) is 0. The van der Waals surface area contributed by atoms with Crippen molar-refractivity contribution in [3.63, 3.8) is 0 Å². The van der Waals surface area contributed by atoms with Gasteiger partial charge >= 0.3 is 0 Å². The molecule has 0 amide bonds. The number of aromatic nitrogens is 4. The minimum absolute atomic E-state index is 0.0210. The summed E-state index contributed by atoms with van der Waals surface area (Å²) >= 11 is 3.25. The predicted octanol–water partition coefficient (Wildman–Crippen LogP) is 4.05. The lowest BCUT2D eigenvalue weighted by molar-refractivity contribution is -0.0194. The van der Waals surface area contributed by atoms with Gasteiger partial charge in [-0.05, 0) is 18.1 Å². The summed E-state index contributed by atoms with van der Waals surface area (Å²) in [6.45, 7) is 1.74. The van der Waals surface area contributed by atoms with Crippen molar-refractivity contribution >= 4 is 34.6 Å². The summed E-state index contributed by atoms with van der Waals surface area (Å²) in [4.78, 5) is 9.67. The Labute approximate surface area is 201 Å². The second-order valence-corrected chi connectivity index (χ2v) is 9.39. The van der Waals surface area contributed by atoms with E-state index in [1.165, 1.54) is 11.1 Å². The molecule has 7 nitrogen and oxygen atoms in total. The van der Waals surface area contributed by atoms with Gasteiger partial charge in [-0.3, -0.25) is 0 Å². The van der Waals surface area contributed by atoms with Gasteiger partial charge in [0.25, 0.3) is 0 Å². The van der Waals surface area contributed by atoms with Crippen LogP contribution in [-0.2, 0) is 23.0 Å². The van der Waals surface area contributed by atoms with Gasteiger partial charge in [-0.15, -0.1) is 11.8 Å². The molecule has 2 aromatic heterocycles. The Hall–Kier alpha value is -2.43. The summed E-state index contributed by atoms with van der Waals surface area (Å²) in [6, 6.07) is 20.5. The molecule has 4 aromatic rings. The number of benzene rings is 2. The number of nitrogens with zero attached hydrogens (tertiary/aromatic N) is 4. The molecule has 4 rings (SSSR count). The van der Waals surface area contributed by atoms with Gasteiger partial charge in [-0.2, -0.15) is 5.10 Å². The zero-order chi connectivity index (χ0) is 23.0. The van der Waals surface area contributed by atoms with Crippen LogP contribution in [0.5, 0.6) is 0 Å². The van der Waals surface area contributed by atoms with Crippen LogP contribution < -0.4 is 0 Å². The largest absolute Gasteiger partial charge is 0.394 e. The molecule has 2 aromatic carbocycles. The molecular weight excluding hydrogens is 456 g/mol. The van der Waals surface area contributed by atoms with E-state index in [1.807, 2.05) is 43.3 Å². The van der Waals surface area contributed by atoms with Crippen LogP contribution in [0.25, 0.3) is 11.0 Å². The maximum Gasteiger partial charge on any atom is 0.191 e. The molecule has 0 spiro atoms. The number of thioether (sulfide) groups is 2. The van der Waals surface area contributed by atoms with Crippen molar-refractivity contribution in [3.8, 4) is 0 Å². The Kier molecular flexibility index (Phi) is 8.35. The lowest BCUT2D eigenvalue weighted by Gasteiger charge is -2.10. The highest BCUT2D eigenvalue weighted by Crippen LogP contribution is 2.33. The maximum absolute atomic E-state index is 9.56. The van der Waals surface area contributed by atoms with Crippen molar-refractivity contribution in [2.45, 2.75) is 41.4 Å². The highest BCUT2D eigenvalue weighted by molar-refractivity contribution is 7.99. The van der Waals surface area contributed by atoms with E-state index < -0.39 is 6.10 Å². The number of fused-ring (bicyclic) bond motifs is 1. The smallest absolute Gasteiger partial charge is 0.191 e. The summed E-state index contributed by atoms with van der Waals surface area (Å²) in [5.74, 6) is 1.56. The van der Waals surface area contributed by atoms with E-state index in [2.05, 4.69) is 29.4 Å². The molecule has 172 valence electrons. The van der Waals surface area contributed by atoms with Crippen molar-refractivity contribution in [1.29, 1.82) is 0 Å². The summed E-state index contributed by atoms with van der Waals surface area (Å²) in [6.07, 6.45) is -0.920. The van der Waals surface area contributed by atoms with Gasteiger partial charge in [0.15, 0.2) is 10.8 Å². The molecular formula is C24H26N4O3S2. The van der Waals surface area contributed by atoms with Crippen LogP contribution in [0.4, 0.5) is 0 Å². The second-order valence-electron chi connectivity index (χ2n) is 7.48. The Morgan fingerprint density at radius 2 is 1.58 bits per heavy atom. The van der Waals surface area contributed by atoms with E-state index >= 15 is 0 Å². The Morgan fingerprint density at radius 1 is 0.939 bits per heavy atom. The molecule has 0 aliphatic rings. The average Bonchev–Trinajstić information content (AvgIpc) is 3.17. The van der Waals surface area contributed by atoms with Gasteiger partial charge in [0, 0.05) is 11.5 Å². The molecule has 2 N–H and O–H groups in total. The third kappa shape index (κ3) is 6.33. The molecule has 0 aliphatic heterocycles. The standard InChI is InChI=1S/C24H26N4O3S2/c1-17-21-22(28(27-17)16-31-13-20(30)12-29)25-24(33-15-19-10-6-3-7-11-19)26-23(21)32-14-18-8-4-2-5-9-18/h2-11,20,29-30H,12-16H2,1H3. The summed E-state index contributed by atoms with van der Waals surface area (Å²) < 4.78 is 7.24. The minimum Gasteiger partial charge on any atom is -0.394 e. The van der Waals surface area contributed by atoms with Crippen LogP contribution in [0.1, 0.15) is 16.8 Å². The third-order valence-electron chi connectivity index (χ3n) is 4.88. The number of hydrogen-bond donors (Lipinski definition) is 2. The molecule has 33 heavy (non-hydrogen) atoms. The lowest BCUT2D eigenvalue weighted by atomic mass is 10.2. The van der Waals surface area contributed by atoms with E-state index in [0.29, 0.717) is 10.8 Å². The van der Waals surface area contributed by atoms with Gasteiger partial charge in [0.1, 0.15) is 17.9 Å². The van der Waals surface area contributed by atoms with Crippen LogP contribution in [0.3, 0.4) is 0 Å². The van der Waals surface area contributed by atoms with Crippen LogP contribution in [0.2, 0.25) is 0 Å². The maximum atomic E-state index is 9.56. The van der Waals surface area contributed by atoms with Gasteiger partial charge < -0.3 is 14.9 Å². The normalized spacial score (nSPS) is 12.3. The quantitative estimate of drug-likeness (QED) is 0.188. The molecule has 0 saturated carbocycles. The molecule has 9 heteroatoms. The van der Waals surface area contributed by atoms with E-state index in [0.717, 1.165) is 27.6 Å². The Bertz CT molecular complexity index is 1170. The molecule has 1 unspecified atom stereocenters. The predicted molar refractivity (Wildman–Crippen MR) is 131 cm³/mol. The number of hydrogen-bond acceptors (Lipinski definition) is 8. The van der Waals surface area contributed by atoms with Crippen LogP contribution >= 0.6 is 23.5 Å². The number of aliphatic hydroxyl groups is 2. The first-order valence-corrected chi connectivity index (χ1v) is 12.6. The van der Waals surface area contributed by atoms with Crippen molar-refractivity contribution in [2.75, 3.05) is 13.2 Å². The van der Waals surface area contributed by atoms with E-state index in [9.17, 15) is 5.11 Å². The van der Waals surface area contributed by atoms with E-state index in [-0.39, 0.29) is 19.9 Å². The van der Waals surface area contributed by atoms with E-state index in [4.69, 9.17) is 19.8 Å². The van der Waals surface area contributed by atoms with Crippen molar-refractivity contribution in [2.24, 2.45) is 0 Å². The van der Waals surface area contributed by atoms with Crippen LogP contribution in [-0.4, -0.2) is 49.3 Å².